The zero-order valence-corrected chi connectivity index (χ0v) is 19.0. The lowest BCUT2D eigenvalue weighted by Crippen LogP contribution is -2.01. The van der Waals surface area contributed by atoms with Crippen LogP contribution in [0.25, 0.3) is 5.57 Å². The number of halogens is 2. The SMILES string of the molecule is CC1=C(Cc2ccc(I)cc2)c2ccccc2C1Cc1ccc(I)cc1. The smallest absolute Gasteiger partial charge is 0.0130 e. The van der Waals surface area contributed by atoms with Gasteiger partial charge in [0.05, 0.1) is 0 Å². The van der Waals surface area contributed by atoms with Crippen LogP contribution in [0.4, 0.5) is 0 Å². The first-order valence-electron chi connectivity index (χ1n) is 8.89. The largest absolute Gasteiger partial charge is 0.0619 e. The van der Waals surface area contributed by atoms with Crippen molar-refractivity contribution in [1.29, 1.82) is 0 Å². The summed E-state index contributed by atoms with van der Waals surface area (Å²) in [5.41, 5.74) is 8.79. The molecule has 0 N–H and O–H groups in total. The Morgan fingerprint density at radius 1 is 0.731 bits per heavy atom. The van der Waals surface area contributed by atoms with E-state index in [-0.39, 0.29) is 0 Å². The van der Waals surface area contributed by atoms with E-state index in [9.17, 15) is 0 Å². The molecule has 0 bridgehead atoms. The first kappa shape index (κ1) is 18.2. The lowest BCUT2D eigenvalue weighted by molar-refractivity contribution is 0.802. The van der Waals surface area contributed by atoms with E-state index in [1.54, 1.807) is 0 Å². The Bertz CT molecular complexity index is 950. The van der Waals surface area contributed by atoms with Gasteiger partial charge in [0.2, 0.25) is 0 Å². The van der Waals surface area contributed by atoms with Gasteiger partial charge in [0, 0.05) is 13.1 Å². The van der Waals surface area contributed by atoms with Gasteiger partial charge in [-0.25, -0.2) is 0 Å². The van der Waals surface area contributed by atoms with Gasteiger partial charge in [-0.2, -0.15) is 0 Å². The van der Waals surface area contributed by atoms with Crippen molar-refractivity contribution in [2.24, 2.45) is 0 Å². The van der Waals surface area contributed by atoms with Gasteiger partial charge in [0.25, 0.3) is 0 Å². The first-order chi connectivity index (χ1) is 12.6. The van der Waals surface area contributed by atoms with Gasteiger partial charge in [-0.15, -0.1) is 0 Å². The maximum absolute atomic E-state index is 2.37. The van der Waals surface area contributed by atoms with E-state index in [0.717, 1.165) is 12.8 Å². The van der Waals surface area contributed by atoms with Gasteiger partial charge in [-0.1, -0.05) is 54.1 Å². The molecule has 1 aliphatic carbocycles. The zero-order valence-electron chi connectivity index (χ0n) is 14.7. The van der Waals surface area contributed by atoms with Gasteiger partial charge in [0.15, 0.2) is 0 Å². The standard InChI is InChI=1S/C24H20I2/c1-16-23(14-17-6-10-19(25)11-7-17)21-4-2-3-5-22(21)24(16)15-18-8-12-20(26)13-9-18/h2-13,23H,14-15H2,1H3. The van der Waals surface area contributed by atoms with Gasteiger partial charge in [0.1, 0.15) is 0 Å². The van der Waals surface area contributed by atoms with Gasteiger partial charge in [-0.05, 0) is 117 Å². The fourth-order valence-corrected chi connectivity index (χ4v) is 4.61. The van der Waals surface area contributed by atoms with Crippen LogP contribution in [-0.4, -0.2) is 0 Å². The quantitative estimate of drug-likeness (QED) is 0.294. The molecular formula is C24H20I2. The monoisotopic (exact) mass is 562 g/mol. The van der Waals surface area contributed by atoms with Crippen molar-refractivity contribution in [2.75, 3.05) is 0 Å². The van der Waals surface area contributed by atoms with Crippen LogP contribution in [-0.2, 0) is 12.8 Å². The fraction of sp³-hybridized carbons (Fsp3) is 0.167. The van der Waals surface area contributed by atoms with Crippen molar-refractivity contribution in [1.82, 2.24) is 0 Å². The summed E-state index contributed by atoms with van der Waals surface area (Å²) in [7, 11) is 0. The normalized spacial score (nSPS) is 16.0. The lowest BCUT2D eigenvalue weighted by Gasteiger charge is -2.14. The molecule has 0 spiro atoms. The third kappa shape index (κ3) is 3.77. The Kier molecular flexibility index (Phi) is 5.50. The summed E-state index contributed by atoms with van der Waals surface area (Å²) in [4.78, 5) is 0. The van der Waals surface area contributed by atoms with Crippen LogP contribution in [0.3, 0.4) is 0 Å². The van der Waals surface area contributed by atoms with E-state index >= 15 is 0 Å². The van der Waals surface area contributed by atoms with E-state index in [0.29, 0.717) is 5.92 Å². The van der Waals surface area contributed by atoms with Gasteiger partial charge >= 0.3 is 0 Å². The van der Waals surface area contributed by atoms with Gasteiger partial charge < -0.3 is 0 Å². The average molecular weight is 562 g/mol. The molecule has 130 valence electrons. The van der Waals surface area contributed by atoms with Gasteiger partial charge in [-0.3, -0.25) is 0 Å². The van der Waals surface area contributed by atoms with Crippen LogP contribution in [0.1, 0.15) is 35.1 Å². The minimum atomic E-state index is 0.491. The molecule has 0 amide bonds. The maximum Gasteiger partial charge on any atom is 0.0130 e. The highest BCUT2D eigenvalue weighted by Gasteiger charge is 2.28. The van der Waals surface area contributed by atoms with Crippen molar-refractivity contribution in [2.45, 2.75) is 25.7 Å². The number of benzene rings is 3. The highest BCUT2D eigenvalue weighted by atomic mass is 127. The second-order valence-corrected chi connectivity index (χ2v) is 9.43. The van der Waals surface area contributed by atoms with Crippen LogP contribution in [0.15, 0.2) is 78.4 Å². The van der Waals surface area contributed by atoms with E-state index in [1.807, 2.05) is 0 Å². The first-order valence-corrected chi connectivity index (χ1v) is 11.1. The Labute approximate surface area is 183 Å². The molecule has 1 aliphatic rings. The highest BCUT2D eigenvalue weighted by Crippen LogP contribution is 2.44. The van der Waals surface area contributed by atoms with Crippen molar-refractivity contribution in [3.8, 4) is 0 Å². The second-order valence-electron chi connectivity index (χ2n) is 6.94. The van der Waals surface area contributed by atoms with Crippen molar-refractivity contribution >= 4 is 50.8 Å². The summed E-state index contributed by atoms with van der Waals surface area (Å²) >= 11 is 4.74. The van der Waals surface area contributed by atoms with E-state index < -0.39 is 0 Å². The summed E-state index contributed by atoms with van der Waals surface area (Å²) in [6, 6.07) is 26.9. The van der Waals surface area contributed by atoms with Crippen LogP contribution < -0.4 is 0 Å². The second kappa shape index (κ2) is 7.85. The third-order valence-electron chi connectivity index (χ3n) is 5.31. The number of rotatable bonds is 4. The summed E-state index contributed by atoms with van der Waals surface area (Å²) in [5.74, 6) is 0.491. The molecule has 4 rings (SSSR count). The molecule has 0 fully saturated rings. The van der Waals surface area contributed by atoms with E-state index in [2.05, 4.69) is 125 Å². The minimum Gasteiger partial charge on any atom is -0.0619 e. The number of hydrogen-bond donors (Lipinski definition) is 0. The lowest BCUT2D eigenvalue weighted by atomic mass is 9.90. The third-order valence-corrected chi connectivity index (χ3v) is 6.75. The van der Waals surface area contributed by atoms with Crippen molar-refractivity contribution in [3.05, 3.63) is 108 Å². The molecule has 0 saturated heterocycles. The number of fused-ring (bicyclic) bond motifs is 1. The Balaban J connectivity index is 1.69. The number of hydrogen-bond acceptors (Lipinski definition) is 0. The van der Waals surface area contributed by atoms with Crippen molar-refractivity contribution in [3.63, 3.8) is 0 Å². The summed E-state index contributed by atoms with van der Waals surface area (Å²) in [6.45, 7) is 2.33. The predicted molar refractivity (Wildman–Crippen MR) is 128 cm³/mol. The molecule has 1 atom stereocenters. The molecular weight excluding hydrogens is 542 g/mol. The van der Waals surface area contributed by atoms with Crippen LogP contribution in [0, 0.1) is 7.14 Å². The van der Waals surface area contributed by atoms with E-state index in [1.165, 1.54) is 40.5 Å². The molecule has 26 heavy (non-hydrogen) atoms. The van der Waals surface area contributed by atoms with Crippen LogP contribution in [0.5, 0.6) is 0 Å². The summed E-state index contributed by atoms with van der Waals surface area (Å²) in [5, 5.41) is 0. The molecule has 3 aromatic carbocycles. The predicted octanol–water partition coefficient (Wildman–Crippen LogP) is 7.25. The molecule has 0 nitrogen and oxygen atoms in total. The Hall–Kier alpha value is -1.14. The fourth-order valence-electron chi connectivity index (χ4n) is 3.89. The summed E-state index contributed by atoms with van der Waals surface area (Å²) < 4.78 is 2.59. The van der Waals surface area contributed by atoms with Crippen molar-refractivity contribution < 1.29 is 0 Å². The average Bonchev–Trinajstić information content (AvgIpc) is 2.91. The highest BCUT2D eigenvalue weighted by molar-refractivity contribution is 14.1. The summed E-state index contributed by atoms with van der Waals surface area (Å²) in [6.07, 6.45) is 2.10. The molecule has 0 saturated carbocycles. The molecule has 0 heterocycles. The molecule has 2 heteroatoms. The minimum absolute atomic E-state index is 0.491. The molecule has 0 aromatic heterocycles. The maximum atomic E-state index is 2.37. The number of allylic oxidation sites excluding steroid dienone is 2. The van der Waals surface area contributed by atoms with Crippen LogP contribution in [0.2, 0.25) is 0 Å². The Morgan fingerprint density at radius 3 is 1.96 bits per heavy atom. The molecule has 1 unspecified atom stereocenters. The molecule has 3 aromatic rings. The molecule has 0 radical (unpaired) electrons. The Morgan fingerprint density at radius 2 is 1.31 bits per heavy atom. The molecule has 0 aliphatic heterocycles. The van der Waals surface area contributed by atoms with Crippen LogP contribution >= 0.6 is 45.2 Å². The zero-order chi connectivity index (χ0) is 18.1. The topological polar surface area (TPSA) is 0 Å². The van der Waals surface area contributed by atoms with E-state index in [4.69, 9.17) is 0 Å².